The van der Waals surface area contributed by atoms with Gasteiger partial charge in [0.05, 0.1) is 26.1 Å². The average molecular weight is 602 g/mol. The summed E-state index contributed by atoms with van der Waals surface area (Å²) in [6.45, 7) is 3.43. The Morgan fingerprint density at radius 2 is 1.90 bits per heavy atom. The maximum atomic E-state index is 13.1. The topological polar surface area (TPSA) is 93.8 Å². The molecule has 0 amide bonds. The highest BCUT2D eigenvalue weighted by Crippen LogP contribution is 2.34. The fourth-order valence-corrected chi connectivity index (χ4v) is 4.51. The Morgan fingerprint density at radius 1 is 1.23 bits per heavy atom. The van der Waals surface area contributed by atoms with Crippen molar-refractivity contribution in [3.8, 4) is 5.75 Å². The van der Waals surface area contributed by atoms with E-state index in [2.05, 4.69) is 57.9 Å². The first kappa shape index (κ1) is 22.6. The van der Waals surface area contributed by atoms with Gasteiger partial charge in [-0.05, 0) is 67.8 Å². The summed E-state index contributed by atoms with van der Waals surface area (Å²) in [6.07, 6.45) is 1.54. The van der Waals surface area contributed by atoms with Crippen LogP contribution in [-0.4, -0.2) is 33.6 Å². The molecular weight excluding hydrogens is 586 g/mol. The van der Waals surface area contributed by atoms with Crippen molar-refractivity contribution in [3.05, 3.63) is 65.5 Å². The molecule has 2 aromatic carbocycles. The van der Waals surface area contributed by atoms with E-state index in [0.29, 0.717) is 37.0 Å². The molecule has 0 bridgehead atoms. The van der Waals surface area contributed by atoms with Gasteiger partial charge in [0.2, 0.25) is 0 Å². The third-order valence-corrected chi connectivity index (χ3v) is 5.70. The Hall–Kier alpha value is -2.04. The lowest BCUT2D eigenvalue weighted by Crippen LogP contribution is -2.23. The SMILES string of the molecule is CC(C)c1nc2ccc(Br)cc2c(=O)n1N=Cc1cc(Br)c(OCC(=O)O)c(Br)c1. The van der Waals surface area contributed by atoms with E-state index in [9.17, 15) is 9.59 Å². The van der Waals surface area contributed by atoms with E-state index in [4.69, 9.17) is 9.84 Å². The fourth-order valence-electron chi connectivity index (χ4n) is 2.70. The Morgan fingerprint density at radius 3 is 2.50 bits per heavy atom. The maximum absolute atomic E-state index is 13.1. The lowest BCUT2D eigenvalue weighted by molar-refractivity contribution is -0.139. The number of rotatable bonds is 6. The first-order valence-electron chi connectivity index (χ1n) is 8.77. The van der Waals surface area contributed by atoms with Crippen LogP contribution in [0, 0.1) is 0 Å². The van der Waals surface area contributed by atoms with Crippen LogP contribution in [0.15, 0.2) is 53.6 Å². The van der Waals surface area contributed by atoms with Crippen molar-refractivity contribution in [2.75, 3.05) is 6.61 Å². The molecule has 0 spiro atoms. The van der Waals surface area contributed by atoms with E-state index in [-0.39, 0.29) is 11.5 Å². The van der Waals surface area contributed by atoms with E-state index in [0.717, 1.165) is 4.47 Å². The Balaban J connectivity index is 2.05. The number of benzene rings is 2. The van der Waals surface area contributed by atoms with Crippen LogP contribution in [0.4, 0.5) is 0 Å². The number of ether oxygens (including phenoxy) is 1. The van der Waals surface area contributed by atoms with Crippen LogP contribution < -0.4 is 10.3 Å². The van der Waals surface area contributed by atoms with Crippen molar-refractivity contribution in [1.82, 2.24) is 9.66 Å². The van der Waals surface area contributed by atoms with Gasteiger partial charge in [0, 0.05) is 10.4 Å². The molecule has 0 aliphatic rings. The van der Waals surface area contributed by atoms with E-state index >= 15 is 0 Å². The average Bonchev–Trinajstić information content (AvgIpc) is 2.66. The Kier molecular flexibility index (Phi) is 7.10. The smallest absolute Gasteiger partial charge is 0.341 e. The van der Waals surface area contributed by atoms with E-state index in [1.54, 1.807) is 24.3 Å². The minimum Gasteiger partial charge on any atom is -0.480 e. The highest BCUT2D eigenvalue weighted by atomic mass is 79.9. The molecule has 10 heteroatoms. The first-order chi connectivity index (χ1) is 14.2. The number of aliphatic carboxylic acids is 1. The molecule has 0 unspecified atom stereocenters. The van der Waals surface area contributed by atoms with Crippen LogP contribution in [0.2, 0.25) is 0 Å². The van der Waals surface area contributed by atoms with Gasteiger partial charge in [-0.3, -0.25) is 4.79 Å². The molecule has 7 nitrogen and oxygen atoms in total. The predicted molar refractivity (Wildman–Crippen MR) is 126 cm³/mol. The molecule has 0 aliphatic heterocycles. The van der Waals surface area contributed by atoms with E-state index < -0.39 is 12.6 Å². The number of carboxylic acids is 1. The molecule has 30 heavy (non-hydrogen) atoms. The quantitative estimate of drug-likeness (QED) is 0.394. The van der Waals surface area contributed by atoms with Crippen molar-refractivity contribution in [1.29, 1.82) is 0 Å². The zero-order valence-electron chi connectivity index (χ0n) is 15.9. The second-order valence-corrected chi connectivity index (χ2v) is 9.27. The zero-order chi connectivity index (χ0) is 22.0. The highest BCUT2D eigenvalue weighted by molar-refractivity contribution is 9.11. The summed E-state index contributed by atoms with van der Waals surface area (Å²) in [7, 11) is 0. The van der Waals surface area contributed by atoms with Gasteiger partial charge < -0.3 is 9.84 Å². The van der Waals surface area contributed by atoms with Crippen molar-refractivity contribution in [2.45, 2.75) is 19.8 Å². The fraction of sp³-hybridized carbons (Fsp3) is 0.200. The summed E-state index contributed by atoms with van der Waals surface area (Å²) in [6, 6.07) is 8.80. The number of hydrogen-bond donors (Lipinski definition) is 1. The highest BCUT2D eigenvalue weighted by Gasteiger charge is 2.14. The van der Waals surface area contributed by atoms with Crippen molar-refractivity contribution in [3.63, 3.8) is 0 Å². The monoisotopic (exact) mass is 599 g/mol. The first-order valence-corrected chi connectivity index (χ1v) is 11.2. The number of fused-ring (bicyclic) bond motifs is 1. The zero-order valence-corrected chi connectivity index (χ0v) is 20.7. The van der Waals surface area contributed by atoms with Crippen molar-refractivity contribution >= 4 is 70.9 Å². The lowest BCUT2D eigenvalue weighted by Gasteiger charge is -2.12. The molecule has 0 radical (unpaired) electrons. The van der Waals surface area contributed by atoms with Crippen LogP contribution in [0.25, 0.3) is 10.9 Å². The minimum atomic E-state index is -1.07. The third-order valence-electron chi connectivity index (χ3n) is 4.03. The van der Waals surface area contributed by atoms with Gasteiger partial charge in [-0.25, -0.2) is 9.78 Å². The van der Waals surface area contributed by atoms with Gasteiger partial charge in [0.15, 0.2) is 6.61 Å². The summed E-state index contributed by atoms with van der Waals surface area (Å²) >= 11 is 10.1. The number of halogens is 3. The molecule has 0 fully saturated rings. The van der Waals surface area contributed by atoms with Gasteiger partial charge >= 0.3 is 5.97 Å². The summed E-state index contributed by atoms with van der Waals surface area (Å²) < 4.78 is 8.46. The molecule has 0 saturated carbocycles. The number of nitrogens with zero attached hydrogens (tertiary/aromatic N) is 3. The molecule has 0 atom stereocenters. The third kappa shape index (κ3) is 4.98. The molecule has 1 aromatic heterocycles. The summed E-state index contributed by atoms with van der Waals surface area (Å²) in [5.74, 6) is -0.180. The number of carbonyl (C=O) groups is 1. The van der Waals surface area contributed by atoms with Gasteiger partial charge in [-0.2, -0.15) is 9.78 Å². The van der Waals surface area contributed by atoms with Crippen LogP contribution in [0.5, 0.6) is 5.75 Å². The number of carboxylic acid groups (broad SMARTS) is 1. The lowest BCUT2D eigenvalue weighted by atomic mass is 10.2. The molecule has 156 valence electrons. The summed E-state index contributed by atoms with van der Waals surface area (Å²) in [5, 5.41) is 13.6. The van der Waals surface area contributed by atoms with Crippen LogP contribution in [0.1, 0.15) is 31.2 Å². The van der Waals surface area contributed by atoms with Gasteiger partial charge in [0.25, 0.3) is 5.56 Å². The normalized spacial score (nSPS) is 11.5. The van der Waals surface area contributed by atoms with Gasteiger partial charge in [0.1, 0.15) is 11.6 Å². The standard InChI is InChI=1S/C20H16Br3N3O4/c1-10(2)19-25-16-4-3-12(21)7-13(16)20(29)26(19)24-8-11-5-14(22)18(15(23)6-11)30-9-17(27)28/h3-8,10H,9H2,1-2H3,(H,27,28). The Bertz CT molecular complexity index is 1200. The van der Waals surface area contributed by atoms with Crippen LogP contribution in [0.3, 0.4) is 0 Å². The van der Waals surface area contributed by atoms with Crippen LogP contribution >= 0.6 is 47.8 Å². The number of hydrogen-bond acceptors (Lipinski definition) is 5. The largest absolute Gasteiger partial charge is 0.480 e. The number of aromatic nitrogens is 2. The molecular formula is C20H16Br3N3O4. The van der Waals surface area contributed by atoms with Crippen LogP contribution in [-0.2, 0) is 4.79 Å². The van der Waals surface area contributed by atoms with Gasteiger partial charge in [-0.15, -0.1) is 0 Å². The molecule has 0 aliphatic carbocycles. The molecule has 3 aromatic rings. The van der Waals surface area contributed by atoms with Crippen molar-refractivity contribution in [2.24, 2.45) is 5.10 Å². The summed E-state index contributed by atoms with van der Waals surface area (Å²) in [4.78, 5) is 28.4. The second-order valence-electron chi connectivity index (χ2n) is 6.64. The maximum Gasteiger partial charge on any atom is 0.341 e. The molecule has 1 heterocycles. The summed E-state index contributed by atoms with van der Waals surface area (Å²) in [5.41, 5.74) is 1.02. The molecule has 1 N–H and O–H groups in total. The van der Waals surface area contributed by atoms with E-state index in [1.165, 1.54) is 10.9 Å². The minimum absolute atomic E-state index is 0.0202. The molecule has 0 saturated heterocycles. The second kappa shape index (κ2) is 9.40. The van der Waals surface area contributed by atoms with Crippen molar-refractivity contribution < 1.29 is 14.6 Å². The predicted octanol–water partition coefficient (Wildman–Crippen LogP) is 5.15. The molecule has 3 rings (SSSR count). The van der Waals surface area contributed by atoms with E-state index in [1.807, 2.05) is 19.9 Å². The Labute approximate surface area is 197 Å². The van der Waals surface area contributed by atoms with Gasteiger partial charge in [-0.1, -0.05) is 29.8 Å².